The number of thioether (sulfide) groups is 1. The summed E-state index contributed by atoms with van der Waals surface area (Å²) in [5.41, 5.74) is 1.81. The number of halogens is 2. The number of carbonyl (C=O) groups is 2. The minimum atomic E-state index is -0.394. The second-order valence-corrected chi connectivity index (χ2v) is 10.3. The zero-order chi connectivity index (χ0) is 25.3. The minimum absolute atomic E-state index is 0.0272. The molecule has 0 spiro atoms. The molecule has 0 atom stereocenters. The Kier molecular flexibility index (Phi) is 7.51. The summed E-state index contributed by atoms with van der Waals surface area (Å²) in [6, 6.07) is 14.1. The van der Waals surface area contributed by atoms with Crippen molar-refractivity contribution < 1.29 is 9.59 Å². The molecular weight excluding hydrogens is 527 g/mol. The predicted molar refractivity (Wildman–Crippen MR) is 145 cm³/mol. The van der Waals surface area contributed by atoms with E-state index in [1.54, 1.807) is 42.9 Å². The number of hydrogen-bond donors (Lipinski definition) is 1. The number of hydrogen-bond acceptors (Lipinski definition) is 5. The summed E-state index contributed by atoms with van der Waals surface area (Å²) in [5.74, 6) is -0.698. The maximum absolute atomic E-state index is 13.0. The number of thiocarbonyl (C=S) groups is 1. The maximum atomic E-state index is 13.0. The first-order chi connectivity index (χ1) is 16.7. The highest BCUT2D eigenvalue weighted by atomic mass is 35.5. The van der Waals surface area contributed by atoms with Crippen molar-refractivity contribution in [2.45, 2.75) is 13.3 Å². The van der Waals surface area contributed by atoms with Gasteiger partial charge >= 0.3 is 0 Å². The van der Waals surface area contributed by atoms with Crippen LogP contribution in [0.2, 0.25) is 10.0 Å². The standard InChI is InChI=1S/C24H20Cl2N4O3S2/c1-14-21(23(33)30(28(14)2)17-6-4-3-5-7-17)27-20(31)10-11-29-22(32)19(35-24(29)34)12-15-8-9-16(25)13-18(15)26/h3-9,12-13H,10-11H2,1-2H3,(H,27,31). The van der Waals surface area contributed by atoms with E-state index in [-0.39, 0.29) is 30.1 Å². The van der Waals surface area contributed by atoms with E-state index in [1.807, 2.05) is 30.3 Å². The number of amides is 2. The third-order valence-electron chi connectivity index (χ3n) is 5.50. The fourth-order valence-electron chi connectivity index (χ4n) is 3.58. The third-order valence-corrected chi connectivity index (χ3v) is 7.44. The van der Waals surface area contributed by atoms with E-state index in [4.69, 9.17) is 35.4 Å². The minimum Gasteiger partial charge on any atom is -0.320 e. The van der Waals surface area contributed by atoms with Crippen LogP contribution in [0.1, 0.15) is 17.7 Å². The summed E-state index contributed by atoms with van der Waals surface area (Å²) in [6.07, 6.45) is 1.62. The summed E-state index contributed by atoms with van der Waals surface area (Å²) < 4.78 is 3.52. The molecule has 0 radical (unpaired) electrons. The Bertz CT molecular complexity index is 1430. The number of anilines is 1. The van der Waals surface area contributed by atoms with Crippen LogP contribution >= 0.6 is 47.2 Å². The second-order valence-electron chi connectivity index (χ2n) is 7.73. The SMILES string of the molecule is Cc1c(NC(=O)CCN2C(=O)C(=Cc3ccc(Cl)cc3Cl)SC2=S)c(=O)n(-c2ccccc2)n1C. The molecule has 11 heteroatoms. The lowest BCUT2D eigenvalue weighted by molar-refractivity contribution is -0.122. The summed E-state index contributed by atoms with van der Waals surface area (Å²) in [6.45, 7) is 1.84. The van der Waals surface area contributed by atoms with Gasteiger partial charge in [0.15, 0.2) is 0 Å². The van der Waals surface area contributed by atoms with Gasteiger partial charge in [-0.25, -0.2) is 4.68 Å². The molecule has 1 N–H and O–H groups in total. The fourth-order valence-corrected chi connectivity index (χ4v) is 5.34. The molecule has 180 valence electrons. The van der Waals surface area contributed by atoms with Crippen LogP contribution in [-0.4, -0.2) is 36.9 Å². The Morgan fingerprint density at radius 1 is 1.14 bits per heavy atom. The first-order valence-corrected chi connectivity index (χ1v) is 12.5. The molecule has 7 nitrogen and oxygen atoms in total. The van der Waals surface area contributed by atoms with E-state index in [0.717, 1.165) is 11.8 Å². The van der Waals surface area contributed by atoms with Gasteiger partial charge < -0.3 is 5.32 Å². The lowest BCUT2D eigenvalue weighted by atomic mass is 10.2. The fraction of sp³-hybridized carbons (Fsp3) is 0.167. The number of rotatable bonds is 6. The molecule has 0 saturated carbocycles. The molecule has 0 unspecified atom stereocenters. The van der Waals surface area contributed by atoms with Crippen molar-refractivity contribution in [3.8, 4) is 5.69 Å². The summed E-state index contributed by atoms with van der Waals surface area (Å²) in [7, 11) is 1.75. The monoisotopic (exact) mass is 546 g/mol. The lowest BCUT2D eigenvalue weighted by Gasteiger charge is -2.14. The van der Waals surface area contributed by atoms with E-state index >= 15 is 0 Å². The van der Waals surface area contributed by atoms with Gasteiger partial charge in [0.25, 0.3) is 11.5 Å². The van der Waals surface area contributed by atoms with E-state index in [2.05, 4.69) is 5.32 Å². The third kappa shape index (κ3) is 5.23. The first-order valence-electron chi connectivity index (χ1n) is 10.5. The molecule has 3 aromatic rings. The topological polar surface area (TPSA) is 76.3 Å². The van der Waals surface area contributed by atoms with E-state index in [0.29, 0.717) is 36.2 Å². The van der Waals surface area contributed by atoms with Crippen molar-refractivity contribution in [1.29, 1.82) is 0 Å². The van der Waals surface area contributed by atoms with Crippen molar-refractivity contribution >= 4 is 75.1 Å². The van der Waals surface area contributed by atoms with Crippen LogP contribution in [-0.2, 0) is 16.6 Å². The summed E-state index contributed by atoms with van der Waals surface area (Å²) in [4.78, 5) is 40.3. The van der Waals surface area contributed by atoms with Crippen molar-refractivity contribution in [2.24, 2.45) is 7.05 Å². The Morgan fingerprint density at radius 2 is 1.86 bits per heavy atom. The number of benzene rings is 2. The van der Waals surface area contributed by atoms with Gasteiger partial charge in [-0.2, -0.15) is 0 Å². The number of aromatic nitrogens is 2. The molecule has 0 bridgehead atoms. The zero-order valence-electron chi connectivity index (χ0n) is 18.7. The zero-order valence-corrected chi connectivity index (χ0v) is 21.9. The molecule has 1 aromatic heterocycles. The highest BCUT2D eigenvalue weighted by Gasteiger charge is 2.32. The lowest BCUT2D eigenvalue weighted by Crippen LogP contribution is -2.32. The Morgan fingerprint density at radius 3 is 2.54 bits per heavy atom. The van der Waals surface area contributed by atoms with Crippen LogP contribution in [0.3, 0.4) is 0 Å². The summed E-state index contributed by atoms with van der Waals surface area (Å²) >= 11 is 18.6. The van der Waals surface area contributed by atoms with Crippen LogP contribution in [0.15, 0.2) is 58.2 Å². The quantitative estimate of drug-likeness (QED) is 0.347. The van der Waals surface area contributed by atoms with Gasteiger partial charge in [-0.1, -0.05) is 71.4 Å². The molecule has 1 saturated heterocycles. The number of nitrogens with zero attached hydrogens (tertiary/aromatic N) is 3. The van der Waals surface area contributed by atoms with Crippen LogP contribution in [0.5, 0.6) is 0 Å². The van der Waals surface area contributed by atoms with Crippen molar-refractivity contribution in [1.82, 2.24) is 14.3 Å². The van der Waals surface area contributed by atoms with Crippen molar-refractivity contribution in [3.05, 3.63) is 85.1 Å². The first kappa shape index (κ1) is 25.2. The molecule has 2 aromatic carbocycles. The van der Waals surface area contributed by atoms with E-state index in [1.165, 1.54) is 9.58 Å². The smallest absolute Gasteiger partial charge is 0.295 e. The molecule has 2 heterocycles. The second kappa shape index (κ2) is 10.4. The average molecular weight is 547 g/mol. The van der Waals surface area contributed by atoms with Gasteiger partial charge in [-0.15, -0.1) is 0 Å². The largest absolute Gasteiger partial charge is 0.320 e. The summed E-state index contributed by atoms with van der Waals surface area (Å²) in [5, 5.41) is 3.61. The van der Waals surface area contributed by atoms with Crippen LogP contribution in [0.4, 0.5) is 5.69 Å². The number of nitrogens with one attached hydrogen (secondary N) is 1. The highest BCUT2D eigenvalue weighted by Crippen LogP contribution is 2.34. The van der Waals surface area contributed by atoms with Gasteiger partial charge in [0.1, 0.15) is 10.0 Å². The van der Waals surface area contributed by atoms with Gasteiger partial charge in [-0.3, -0.25) is 24.0 Å². The van der Waals surface area contributed by atoms with E-state index in [9.17, 15) is 14.4 Å². The molecule has 2 amide bonds. The van der Waals surface area contributed by atoms with Gasteiger partial charge in [-0.05, 0) is 42.8 Å². The van der Waals surface area contributed by atoms with Crippen molar-refractivity contribution in [3.63, 3.8) is 0 Å². The molecule has 0 aliphatic carbocycles. The van der Waals surface area contributed by atoms with Gasteiger partial charge in [0.2, 0.25) is 5.91 Å². The molecule has 1 fully saturated rings. The maximum Gasteiger partial charge on any atom is 0.295 e. The Balaban J connectivity index is 1.45. The molecular formula is C24H20Cl2N4O3S2. The normalized spacial score (nSPS) is 14.7. The van der Waals surface area contributed by atoms with Gasteiger partial charge in [0, 0.05) is 30.1 Å². The van der Waals surface area contributed by atoms with Crippen LogP contribution in [0, 0.1) is 6.92 Å². The Hall–Kier alpha value is -2.85. The van der Waals surface area contributed by atoms with Crippen molar-refractivity contribution in [2.75, 3.05) is 11.9 Å². The molecule has 4 rings (SSSR count). The van der Waals surface area contributed by atoms with Crippen LogP contribution in [0.25, 0.3) is 11.8 Å². The average Bonchev–Trinajstić information content (AvgIpc) is 3.21. The Labute approximate surface area is 221 Å². The molecule has 35 heavy (non-hydrogen) atoms. The number of carbonyl (C=O) groups excluding carboxylic acids is 2. The van der Waals surface area contributed by atoms with Gasteiger partial charge in [0.05, 0.1) is 16.3 Å². The number of para-hydroxylation sites is 1. The molecule has 1 aliphatic rings. The van der Waals surface area contributed by atoms with E-state index < -0.39 is 5.91 Å². The predicted octanol–water partition coefficient (Wildman–Crippen LogP) is 5.02. The van der Waals surface area contributed by atoms with Crippen LogP contribution < -0.4 is 10.9 Å². The molecule has 1 aliphatic heterocycles. The highest BCUT2D eigenvalue weighted by molar-refractivity contribution is 8.26.